The van der Waals surface area contributed by atoms with E-state index in [1.54, 1.807) is 23.1 Å². The third kappa shape index (κ3) is 7.42. The smallest absolute Gasteiger partial charge is 0.261 e. The number of halogens is 2. The number of carbonyl (C=O) groups is 2. The Labute approximate surface area is 201 Å². The van der Waals surface area contributed by atoms with E-state index in [-0.39, 0.29) is 25.0 Å². The fourth-order valence-electron chi connectivity index (χ4n) is 3.21. The van der Waals surface area contributed by atoms with Gasteiger partial charge in [-0.2, -0.15) is 0 Å². The van der Waals surface area contributed by atoms with Crippen LogP contribution in [0, 0.1) is 19.8 Å². The molecule has 1 atom stereocenters. The summed E-state index contributed by atoms with van der Waals surface area (Å²) in [4.78, 5) is 27.7. The Kier molecular flexibility index (Phi) is 9.85. The Balaban J connectivity index is 2.23. The molecule has 0 radical (unpaired) electrons. The predicted molar refractivity (Wildman–Crippen MR) is 130 cm³/mol. The molecule has 2 aromatic rings. The van der Waals surface area contributed by atoms with Crippen LogP contribution in [0.2, 0.25) is 10.0 Å². The largest absolute Gasteiger partial charge is 0.484 e. The molecule has 0 aliphatic heterocycles. The van der Waals surface area contributed by atoms with Crippen molar-refractivity contribution in [1.29, 1.82) is 0 Å². The number of nitrogens with zero attached hydrogens (tertiary/aromatic N) is 1. The van der Waals surface area contributed by atoms with Crippen molar-refractivity contribution < 1.29 is 14.3 Å². The molecule has 5 nitrogen and oxygen atoms in total. The third-order valence-corrected chi connectivity index (χ3v) is 5.99. The van der Waals surface area contributed by atoms with Gasteiger partial charge in [-0.05, 0) is 67.1 Å². The van der Waals surface area contributed by atoms with Crippen molar-refractivity contribution in [3.05, 3.63) is 63.1 Å². The van der Waals surface area contributed by atoms with Crippen molar-refractivity contribution in [2.24, 2.45) is 5.92 Å². The number of ether oxygens (including phenoxy) is 1. The zero-order chi connectivity index (χ0) is 23.8. The lowest BCUT2D eigenvalue weighted by atomic mass is 10.1. The second-order valence-corrected chi connectivity index (χ2v) is 9.18. The van der Waals surface area contributed by atoms with Gasteiger partial charge >= 0.3 is 0 Å². The molecule has 7 heteroatoms. The molecule has 0 heterocycles. The molecular weight excluding hydrogens is 447 g/mol. The lowest BCUT2D eigenvalue weighted by Gasteiger charge is -2.31. The van der Waals surface area contributed by atoms with Gasteiger partial charge < -0.3 is 15.0 Å². The number of hydrogen-bond acceptors (Lipinski definition) is 3. The zero-order valence-electron chi connectivity index (χ0n) is 19.4. The summed E-state index contributed by atoms with van der Waals surface area (Å²) in [6.07, 6.45) is 0.473. The van der Waals surface area contributed by atoms with Crippen LogP contribution in [0.3, 0.4) is 0 Å². The van der Waals surface area contributed by atoms with E-state index in [4.69, 9.17) is 27.9 Å². The molecule has 2 amide bonds. The van der Waals surface area contributed by atoms with Gasteiger partial charge in [-0.3, -0.25) is 9.59 Å². The van der Waals surface area contributed by atoms with E-state index in [1.807, 2.05) is 52.8 Å². The molecule has 0 fully saturated rings. The first-order chi connectivity index (χ1) is 15.1. The van der Waals surface area contributed by atoms with Gasteiger partial charge in [0, 0.05) is 13.1 Å². The van der Waals surface area contributed by atoms with Gasteiger partial charge in [-0.1, -0.05) is 56.1 Å². The maximum absolute atomic E-state index is 13.2. The highest BCUT2D eigenvalue weighted by molar-refractivity contribution is 6.42. The van der Waals surface area contributed by atoms with Gasteiger partial charge in [0.2, 0.25) is 5.91 Å². The van der Waals surface area contributed by atoms with Gasteiger partial charge in [0.25, 0.3) is 5.91 Å². The summed E-state index contributed by atoms with van der Waals surface area (Å²) in [6, 6.07) is 10.3. The summed E-state index contributed by atoms with van der Waals surface area (Å²) in [5, 5.41) is 3.78. The summed E-state index contributed by atoms with van der Waals surface area (Å²) >= 11 is 12.2. The van der Waals surface area contributed by atoms with Crippen molar-refractivity contribution in [3.63, 3.8) is 0 Å². The van der Waals surface area contributed by atoms with Crippen molar-refractivity contribution in [2.75, 3.05) is 13.2 Å². The van der Waals surface area contributed by atoms with Crippen molar-refractivity contribution in [3.8, 4) is 5.75 Å². The van der Waals surface area contributed by atoms with E-state index >= 15 is 0 Å². The molecule has 0 spiro atoms. The van der Waals surface area contributed by atoms with Gasteiger partial charge in [0.15, 0.2) is 6.61 Å². The zero-order valence-corrected chi connectivity index (χ0v) is 20.9. The summed E-state index contributed by atoms with van der Waals surface area (Å²) < 4.78 is 5.77. The normalized spacial score (nSPS) is 11.9. The Morgan fingerprint density at radius 2 is 1.75 bits per heavy atom. The molecule has 174 valence electrons. The molecule has 0 bridgehead atoms. The summed E-state index contributed by atoms with van der Waals surface area (Å²) in [6.45, 7) is 10.5. The quantitative estimate of drug-likeness (QED) is 0.485. The number of aryl methyl sites for hydroxylation is 2. The average Bonchev–Trinajstić information content (AvgIpc) is 2.75. The molecule has 0 saturated carbocycles. The standard InChI is InChI=1S/C25H32Cl2N2O3/c1-6-23(25(31)28-13-16(2)3)29(14-19-8-10-21(26)22(27)12-19)24(30)15-32-20-9-7-17(4)18(5)11-20/h7-12,16,23H,6,13-15H2,1-5H3,(H,28,31)/t23-/m1/s1. The minimum absolute atomic E-state index is 0.169. The monoisotopic (exact) mass is 478 g/mol. The molecule has 0 aromatic heterocycles. The first-order valence-electron chi connectivity index (χ1n) is 10.8. The van der Waals surface area contributed by atoms with E-state index in [0.29, 0.717) is 34.7 Å². The van der Waals surface area contributed by atoms with Gasteiger partial charge in [0.1, 0.15) is 11.8 Å². The van der Waals surface area contributed by atoms with E-state index in [9.17, 15) is 9.59 Å². The lowest BCUT2D eigenvalue weighted by Crippen LogP contribution is -2.50. The highest BCUT2D eigenvalue weighted by Gasteiger charge is 2.29. The van der Waals surface area contributed by atoms with Crippen LogP contribution in [-0.2, 0) is 16.1 Å². The van der Waals surface area contributed by atoms with Gasteiger partial charge in [-0.15, -0.1) is 0 Å². The number of hydrogen-bond donors (Lipinski definition) is 1. The second-order valence-electron chi connectivity index (χ2n) is 8.37. The Morgan fingerprint density at radius 1 is 1.03 bits per heavy atom. The van der Waals surface area contributed by atoms with Gasteiger partial charge in [-0.25, -0.2) is 0 Å². The van der Waals surface area contributed by atoms with Crippen LogP contribution in [0.1, 0.15) is 43.9 Å². The first-order valence-corrected chi connectivity index (χ1v) is 11.6. The first kappa shape index (κ1) is 26.0. The summed E-state index contributed by atoms with van der Waals surface area (Å²) in [5.74, 6) is 0.471. The molecule has 0 aliphatic rings. The Hall–Kier alpha value is -2.24. The highest BCUT2D eigenvalue weighted by Crippen LogP contribution is 2.24. The third-order valence-electron chi connectivity index (χ3n) is 5.25. The fraction of sp³-hybridized carbons (Fsp3) is 0.440. The molecule has 0 saturated heterocycles. The molecule has 0 unspecified atom stereocenters. The van der Waals surface area contributed by atoms with Crippen LogP contribution in [0.15, 0.2) is 36.4 Å². The second kappa shape index (κ2) is 12.1. The minimum Gasteiger partial charge on any atom is -0.484 e. The van der Waals surface area contributed by atoms with E-state index < -0.39 is 6.04 Å². The van der Waals surface area contributed by atoms with Crippen LogP contribution in [0.25, 0.3) is 0 Å². The average molecular weight is 479 g/mol. The number of rotatable bonds is 10. The maximum atomic E-state index is 13.2. The molecule has 2 aromatic carbocycles. The van der Waals surface area contributed by atoms with E-state index in [1.165, 1.54) is 0 Å². The molecule has 1 N–H and O–H groups in total. The Bertz CT molecular complexity index is 947. The van der Waals surface area contributed by atoms with Crippen LogP contribution in [-0.4, -0.2) is 35.9 Å². The SMILES string of the molecule is CC[C@H](C(=O)NCC(C)C)N(Cc1ccc(Cl)c(Cl)c1)C(=O)COc1ccc(C)c(C)c1. The number of amides is 2. The molecular formula is C25H32Cl2N2O3. The van der Waals surface area contributed by atoms with Crippen LogP contribution in [0.4, 0.5) is 0 Å². The summed E-state index contributed by atoms with van der Waals surface area (Å²) in [5.41, 5.74) is 3.02. The van der Waals surface area contributed by atoms with Crippen LogP contribution < -0.4 is 10.1 Å². The van der Waals surface area contributed by atoms with Crippen molar-refractivity contribution in [1.82, 2.24) is 10.2 Å². The topological polar surface area (TPSA) is 58.6 Å². The fourth-order valence-corrected chi connectivity index (χ4v) is 3.53. The van der Waals surface area contributed by atoms with Crippen LogP contribution in [0.5, 0.6) is 5.75 Å². The molecule has 0 aliphatic carbocycles. The van der Waals surface area contributed by atoms with E-state index in [2.05, 4.69) is 5.32 Å². The van der Waals surface area contributed by atoms with Gasteiger partial charge in [0.05, 0.1) is 10.0 Å². The predicted octanol–water partition coefficient (Wildman–Crippen LogP) is 5.57. The number of nitrogens with one attached hydrogen (secondary N) is 1. The lowest BCUT2D eigenvalue weighted by molar-refractivity contribution is -0.143. The molecule has 32 heavy (non-hydrogen) atoms. The van der Waals surface area contributed by atoms with Crippen molar-refractivity contribution >= 4 is 35.0 Å². The Morgan fingerprint density at radius 3 is 2.34 bits per heavy atom. The number of carbonyl (C=O) groups excluding carboxylic acids is 2. The maximum Gasteiger partial charge on any atom is 0.261 e. The number of benzene rings is 2. The van der Waals surface area contributed by atoms with Crippen LogP contribution >= 0.6 is 23.2 Å². The minimum atomic E-state index is -0.626. The highest BCUT2D eigenvalue weighted by atomic mass is 35.5. The summed E-state index contributed by atoms with van der Waals surface area (Å²) in [7, 11) is 0. The van der Waals surface area contributed by atoms with E-state index in [0.717, 1.165) is 16.7 Å². The molecule has 2 rings (SSSR count). The van der Waals surface area contributed by atoms with Crippen molar-refractivity contribution in [2.45, 2.75) is 53.6 Å².